The number of hydrogen-bond donors (Lipinski definition) is 4. The summed E-state index contributed by atoms with van der Waals surface area (Å²) in [6.45, 7) is 8.85. The molecule has 0 saturated carbocycles. The Morgan fingerprint density at radius 2 is 1.90 bits per heavy atom. The van der Waals surface area contributed by atoms with Crippen molar-refractivity contribution in [3.8, 4) is 5.69 Å². The molecule has 0 fully saturated rings. The molecular formula is C26H30FN9O3S. The van der Waals surface area contributed by atoms with Gasteiger partial charge in [0.2, 0.25) is 0 Å². The van der Waals surface area contributed by atoms with Gasteiger partial charge in [0.1, 0.15) is 17.1 Å². The normalized spacial score (nSPS) is 12.8. The van der Waals surface area contributed by atoms with E-state index in [1.165, 1.54) is 34.7 Å². The van der Waals surface area contributed by atoms with E-state index in [0.29, 0.717) is 17.1 Å². The SMILES string of the molecule is Cc1ncc(Nc2nc(N[C@H](c3cccs3)[C@H](C)NC(=O)OC(C)(C)C)c(F)cc2C(N)=O)cc1-n1nccn1. The van der Waals surface area contributed by atoms with Crippen LogP contribution in [0.2, 0.25) is 0 Å². The van der Waals surface area contributed by atoms with E-state index in [9.17, 15) is 9.59 Å². The molecule has 0 spiro atoms. The van der Waals surface area contributed by atoms with Crippen molar-refractivity contribution in [3.63, 3.8) is 0 Å². The molecule has 4 rings (SSSR count). The summed E-state index contributed by atoms with van der Waals surface area (Å²) in [6.07, 6.45) is 3.99. The summed E-state index contributed by atoms with van der Waals surface area (Å²) in [5, 5.41) is 19.0. The number of aromatic nitrogens is 5. The molecule has 4 aromatic rings. The van der Waals surface area contributed by atoms with Crippen molar-refractivity contribution in [3.05, 3.63) is 70.2 Å². The first-order chi connectivity index (χ1) is 18.9. The molecule has 0 aliphatic rings. The van der Waals surface area contributed by atoms with Gasteiger partial charge in [-0.3, -0.25) is 9.78 Å². The number of hydrogen-bond acceptors (Lipinski definition) is 10. The van der Waals surface area contributed by atoms with Gasteiger partial charge in [0.05, 0.1) is 47.6 Å². The second-order valence-corrected chi connectivity index (χ2v) is 10.9. The molecule has 0 aliphatic carbocycles. The van der Waals surface area contributed by atoms with Gasteiger partial charge in [-0.1, -0.05) is 6.07 Å². The van der Waals surface area contributed by atoms with E-state index in [2.05, 4.69) is 36.1 Å². The minimum absolute atomic E-state index is 0.0131. The second-order valence-electron chi connectivity index (χ2n) is 9.92. The Bertz CT molecular complexity index is 1490. The van der Waals surface area contributed by atoms with Crippen LogP contribution < -0.4 is 21.7 Å². The van der Waals surface area contributed by atoms with Crippen molar-refractivity contribution in [1.29, 1.82) is 0 Å². The smallest absolute Gasteiger partial charge is 0.407 e. The zero-order valence-corrected chi connectivity index (χ0v) is 23.4. The van der Waals surface area contributed by atoms with Crippen LogP contribution in [-0.2, 0) is 4.74 Å². The largest absolute Gasteiger partial charge is 0.444 e. The molecule has 5 N–H and O–H groups in total. The summed E-state index contributed by atoms with van der Waals surface area (Å²) in [4.78, 5) is 35.6. The molecule has 4 heterocycles. The molecule has 0 radical (unpaired) electrons. The Balaban J connectivity index is 1.66. The first-order valence-electron chi connectivity index (χ1n) is 12.3. The number of anilines is 3. The highest BCUT2D eigenvalue weighted by Crippen LogP contribution is 2.30. The van der Waals surface area contributed by atoms with E-state index in [-0.39, 0.29) is 17.2 Å². The molecule has 0 saturated heterocycles. The number of pyridine rings is 2. The van der Waals surface area contributed by atoms with Crippen molar-refractivity contribution in [1.82, 2.24) is 30.3 Å². The van der Waals surface area contributed by atoms with E-state index < -0.39 is 35.5 Å². The highest BCUT2D eigenvalue weighted by atomic mass is 32.1. The fourth-order valence-corrected chi connectivity index (χ4v) is 4.66. The number of nitrogens with zero attached hydrogens (tertiary/aromatic N) is 5. The van der Waals surface area contributed by atoms with Crippen molar-refractivity contribution in [2.45, 2.75) is 52.3 Å². The number of aryl methyl sites for hydroxylation is 1. The number of nitrogens with one attached hydrogen (secondary N) is 3. The zero-order chi connectivity index (χ0) is 29.0. The summed E-state index contributed by atoms with van der Waals surface area (Å²) < 4.78 is 20.7. The van der Waals surface area contributed by atoms with E-state index in [4.69, 9.17) is 10.5 Å². The number of carbonyl (C=O) groups is 2. The highest BCUT2D eigenvalue weighted by molar-refractivity contribution is 7.10. The minimum Gasteiger partial charge on any atom is -0.444 e. The molecule has 4 aromatic heterocycles. The first-order valence-corrected chi connectivity index (χ1v) is 13.2. The lowest BCUT2D eigenvalue weighted by Crippen LogP contribution is -2.42. The van der Waals surface area contributed by atoms with E-state index in [1.807, 2.05) is 17.5 Å². The van der Waals surface area contributed by atoms with Crippen molar-refractivity contribution < 1.29 is 18.7 Å². The Labute approximate surface area is 234 Å². The summed E-state index contributed by atoms with van der Waals surface area (Å²) in [5.41, 5.74) is 6.40. The van der Waals surface area contributed by atoms with Gasteiger partial charge in [-0.15, -0.1) is 16.1 Å². The second kappa shape index (κ2) is 11.7. The predicted octanol–water partition coefficient (Wildman–Crippen LogP) is 4.48. The van der Waals surface area contributed by atoms with Gasteiger partial charge in [0.15, 0.2) is 11.6 Å². The lowest BCUT2D eigenvalue weighted by atomic mass is 10.1. The molecule has 2 amide bonds. The van der Waals surface area contributed by atoms with Crippen LogP contribution in [0.5, 0.6) is 0 Å². The Morgan fingerprint density at radius 3 is 2.52 bits per heavy atom. The number of alkyl carbamates (subject to hydrolysis) is 1. The van der Waals surface area contributed by atoms with Gasteiger partial charge >= 0.3 is 6.09 Å². The fourth-order valence-electron chi connectivity index (χ4n) is 3.78. The van der Waals surface area contributed by atoms with Crippen LogP contribution in [0, 0.1) is 12.7 Å². The zero-order valence-electron chi connectivity index (χ0n) is 22.6. The van der Waals surface area contributed by atoms with Crippen LogP contribution in [0.4, 0.5) is 26.5 Å². The topological polar surface area (TPSA) is 162 Å². The number of halogens is 1. The Hall–Kier alpha value is -4.59. The van der Waals surface area contributed by atoms with Crippen LogP contribution in [0.25, 0.3) is 5.69 Å². The quantitative estimate of drug-likeness (QED) is 0.228. The van der Waals surface area contributed by atoms with Crippen LogP contribution in [0.1, 0.15) is 54.7 Å². The standard InChI is InChI=1S/C26H30FN9O3S/c1-14-19(36-30-8-9-31-36)11-16(13-29-14)33-23-17(22(28)37)12-18(27)24(35-23)34-21(20-7-6-10-40-20)15(2)32-25(38)39-26(3,4)5/h6-13,15,21H,1-5H3,(H2,28,37)(H,32,38)(H2,33,34,35)/t15-,21-/m0/s1. The summed E-state index contributed by atoms with van der Waals surface area (Å²) in [5.74, 6) is -1.81. The summed E-state index contributed by atoms with van der Waals surface area (Å²) >= 11 is 1.42. The lowest BCUT2D eigenvalue weighted by Gasteiger charge is -2.28. The molecule has 40 heavy (non-hydrogen) atoms. The fraction of sp³-hybridized carbons (Fsp3) is 0.308. The van der Waals surface area contributed by atoms with Crippen molar-refractivity contribution in [2.24, 2.45) is 5.73 Å². The van der Waals surface area contributed by atoms with Crippen molar-refractivity contribution >= 4 is 40.7 Å². The third kappa shape index (κ3) is 6.88. The Morgan fingerprint density at radius 1 is 1.18 bits per heavy atom. The van der Waals surface area contributed by atoms with E-state index in [1.54, 1.807) is 40.7 Å². The van der Waals surface area contributed by atoms with Crippen molar-refractivity contribution in [2.75, 3.05) is 10.6 Å². The van der Waals surface area contributed by atoms with Crippen LogP contribution >= 0.6 is 11.3 Å². The van der Waals surface area contributed by atoms with Gasteiger partial charge in [0, 0.05) is 4.88 Å². The molecular weight excluding hydrogens is 537 g/mol. The molecule has 0 unspecified atom stereocenters. The molecule has 0 aliphatic heterocycles. The van der Waals surface area contributed by atoms with Gasteiger partial charge < -0.3 is 26.4 Å². The number of nitrogens with two attached hydrogens (primary N) is 1. The maximum atomic E-state index is 15.3. The minimum atomic E-state index is -0.871. The third-order valence-electron chi connectivity index (χ3n) is 5.58. The average molecular weight is 568 g/mol. The van der Waals surface area contributed by atoms with E-state index in [0.717, 1.165) is 10.9 Å². The van der Waals surface area contributed by atoms with E-state index >= 15 is 4.39 Å². The maximum absolute atomic E-state index is 15.3. The number of thiophene rings is 1. The molecule has 14 heteroatoms. The monoisotopic (exact) mass is 567 g/mol. The molecule has 2 atom stereocenters. The number of amides is 2. The first kappa shape index (κ1) is 28.4. The number of ether oxygens (including phenoxy) is 1. The molecule has 0 aromatic carbocycles. The molecule has 210 valence electrons. The highest BCUT2D eigenvalue weighted by Gasteiger charge is 2.27. The van der Waals surface area contributed by atoms with Crippen LogP contribution in [0.3, 0.4) is 0 Å². The number of rotatable bonds is 9. The average Bonchev–Trinajstić information content (AvgIpc) is 3.58. The van der Waals surface area contributed by atoms with Crippen LogP contribution in [0.15, 0.2) is 48.2 Å². The summed E-state index contributed by atoms with van der Waals surface area (Å²) in [7, 11) is 0. The van der Waals surface area contributed by atoms with Crippen LogP contribution in [-0.4, -0.2) is 48.6 Å². The molecule has 12 nitrogen and oxygen atoms in total. The van der Waals surface area contributed by atoms with Gasteiger partial charge in [0.25, 0.3) is 5.91 Å². The number of carbonyl (C=O) groups excluding carboxylic acids is 2. The number of primary amides is 1. The summed E-state index contributed by atoms with van der Waals surface area (Å²) in [6, 6.07) is 5.31. The lowest BCUT2D eigenvalue weighted by molar-refractivity contribution is 0.0503. The van der Waals surface area contributed by atoms with Gasteiger partial charge in [-0.2, -0.15) is 10.2 Å². The van der Waals surface area contributed by atoms with Gasteiger partial charge in [-0.05, 0) is 58.2 Å². The Kier molecular flexibility index (Phi) is 8.28. The maximum Gasteiger partial charge on any atom is 0.407 e. The predicted molar refractivity (Wildman–Crippen MR) is 149 cm³/mol. The van der Waals surface area contributed by atoms with Gasteiger partial charge in [-0.25, -0.2) is 14.2 Å². The molecule has 0 bridgehead atoms. The third-order valence-corrected chi connectivity index (χ3v) is 6.54.